The van der Waals surface area contributed by atoms with Gasteiger partial charge in [-0.2, -0.15) is 10.2 Å². The Labute approximate surface area is 147 Å². The van der Waals surface area contributed by atoms with Crippen LogP contribution in [0.4, 0.5) is 0 Å². The van der Waals surface area contributed by atoms with Gasteiger partial charge in [-0.25, -0.2) is 4.98 Å². The molecule has 0 aliphatic carbocycles. The molecular weight excluding hydrogens is 314 g/mol. The third-order valence-corrected chi connectivity index (χ3v) is 4.47. The Morgan fingerprint density at radius 3 is 2.68 bits per heavy atom. The number of carbonyl (C=O) groups is 1. The lowest BCUT2D eigenvalue weighted by molar-refractivity contribution is -0.131. The van der Waals surface area contributed by atoms with Crippen molar-refractivity contribution in [1.82, 2.24) is 14.9 Å². The van der Waals surface area contributed by atoms with Crippen LogP contribution in [0, 0.1) is 12.3 Å². The second kappa shape index (κ2) is 7.31. The number of imidazole rings is 1. The first-order valence-corrected chi connectivity index (χ1v) is 8.33. The fourth-order valence-corrected chi connectivity index (χ4v) is 2.92. The van der Waals surface area contributed by atoms with Crippen LogP contribution in [0.2, 0.25) is 0 Å². The molecule has 1 atom stereocenters. The van der Waals surface area contributed by atoms with Crippen LogP contribution < -0.4 is 0 Å². The molecule has 3 rings (SSSR count). The number of terminal acetylenes is 1. The molecule has 0 radical (unpaired) electrons. The number of aromatic nitrogens is 2. The highest BCUT2D eigenvalue weighted by Crippen LogP contribution is 2.38. The van der Waals surface area contributed by atoms with E-state index in [-0.39, 0.29) is 11.9 Å². The van der Waals surface area contributed by atoms with Crippen molar-refractivity contribution in [3.63, 3.8) is 0 Å². The highest BCUT2D eigenvalue weighted by Gasteiger charge is 2.40. The maximum Gasteiger partial charge on any atom is 0.223 e. The summed E-state index contributed by atoms with van der Waals surface area (Å²) in [6.45, 7) is 0. The van der Waals surface area contributed by atoms with Crippen molar-refractivity contribution in [1.29, 1.82) is 0 Å². The maximum atomic E-state index is 12.8. The average Bonchev–Trinajstić information content (AvgIpc) is 3.22. The van der Waals surface area contributed by atoms with E-state index < -0.39 is 5.66 Å². The van der Waals surface area contributed by atoms with Crippen molar-refractivity contribution >= 4 is 5.91 Å². The van der Waals surface area contributed by atoms with E-state index in [9.17, 15) is 4.79 Å². The van der Waals surface area contributed by atoms with Gasteiger partial charge in [-0.15, -0.1) is 12.3 Å². The van der Waals surface area contributed by atoms with Crippen molar-refractivity contribution in [3.8, 4) is 12.3 Å². The van der Waals surface area contributed by atoms with Crippen molar-refractivity contribution in [2.45, 2.75) is 37.4 Å². The maximum absolute atomic E-state index is 12.8. The monoisotopic (exact) mass is 335 g/mol. The standard InChI is InChI=1S/C19H21N5O/c1-3-4-11-19(22-23-19)12-10-16(25)24(2)17(18-20-13-14-21-18)15-8-6-5-7-9-15/h1,5-9,13-14,17H,4,10-12H2,2H3,(H,20,21). The molecule has 1 aromatic heterocycles. The number of nitrogens with zero attached hydrogens (tertiary/aromatic N) is 4. The van der Waals surface area contributed by atoms with E-state index >= 15 is 0 Å². The summed E-state index contributed by atoms with van der Waals surface area (Å²) in [6.07, 6.45) is 11.1. The number of H-pyrrole nitrogens is 1. The first kappa shape index (κ1) is 16.9. The summed E-state index contributed by atoms with van der Waals surface area (Å²) in [4.78, 5) is 22.0. The predicted octanol–water partition coefficient (Wildman–Crippen LogP) is 3.31. The van der Waals surface area contributed by atoms with Gasteiger partial charge in [-0.1, -0.05) is 30.3 Å². The highest BCUT2D eigenvalue weighted by molar-refractivity contribution is 5.77. The van der Waals surface area contributed by atoms with Gasteiger partial charge in [0.05, 0.1) is 0 Å². The molecule has 1 aliphatic heterocycles. The number of amides is 1. The molecule has 2 aromatic rings. The summed E-state index contributed by atoms with van der Waals surface area (Å²) in [5.74, 6) is 3.38. The van der Waals surface area contributed by atoms with Crippen LogP contribution in [-0.2, 0) is 4.79 Å². The second-order valence-corrected chi connectivity index (χ2v) is 6.18. The molecule has 6 nitrogen and oxygen atoms in total. The van der Waals surface area contributed by atoms with Crippen LogP contribution in [0.1, 0.15) is 43.1 Å². The third-order valence-electron chi connectivity index (χ3n) is 4.47. The number of hydrogen-bond acceptors (Lipinski definition) is 4. The molecule has 25 heavy (non-hydrogen) atoms. The molecule has 0 saturated heterocycles. The van der Waals surface area contributed by atoms with E-state index in [4.69, 9.17) is 6.42 Å². The second-order valence-electron chi connectivity index (χ2n) is 6.18. The molecule has 1 aromatic carbocycles. The number of nitrogens with one attached hydrogen (secondary N) is 1. The zero-order chi connectivity index (χ0) is 17.7. The first-order valence-electron chi connectivity index (χ1n) is 8.33. The normalized spacial score (nSPS) is 15.4. The quantitative estimate of drug-likeness (QED) is 0.752. The molecule has 0 bridgehead atoms. The Bertz CT molecular complexity index is 770. The van der Waals surface area contributed by atoms with E-state index in [1.807, 2.05) is 30.3 Å². The number of benzene rings is 1. The van der Waals surface area contributed by atoms with Crippen molar-refractivity contribution in [2.24, 2.45) is 10.2 Å². The topological polar surface area (TPSA) is 73.7 Å². The van der Waals surface area contributed by atoms with Gasteiger partial charge in [-0.05, 0) is 5.56 Å². The van der Waals surface area contributed by atoms with Crippen molar-refractivity contribution in [2.75, 3.05) is 7.05 Å². The predicted molar refractivity (Wildman–Crippen MR) is 94.5 cm³/mol. The van der Waals surface area contributed by atoms with Gasteiger partial charge in [0.15, 0.2) is 5.66 Å². The number of rotatable bonds is 8. The molecule has 1 N–H and O–H groups in total. The van der Waals surface area contributed by atoms with E-state index in [1.165, 1.54) is 0 Å². The van der Waals surface area contributed by atoms with Crippen LogP contribution >= 0.6 is 0 Å². The van der Waals surface area contributed by atoms with E-state index in [0.29, 0.717) is 25.7 Å². The first-order chi connectivity index (χ1) is 12.2. The van der Waals surface area contributed by atoms with E-state index in [2.05, 4.69) is 26.1 Å². The van der Waals surface area contributed by atoms with Gasteiger partial charge >= 0.3 is 0 Å². The van der Waals surface area contributed by atoms with Gasteiger partial charge in [0, 0.05) is 45.1 Å². The summed E-state index contributed by atoms with van der Waals surface area (Å²) >= 11 is 0. The van der Waals surface area contributed by atoms with Crippen molar-refractivity contribution in [3.05, 3.63) is 54.1 Å². The Morgan fingerprint density at radius 1 is 1.32 bits per heavy atom. The largest absolute Gasteiger partial charge is 0.347 e. The summed E-state index contributed by atoms with van der Waals surface area (Å²) in [6, 6.07) is 9.61. The molecular formula is C19H21N5O. The van der Waals surface area contributed by atoms with Crippen LogP contribution in [0.3, 0.4) is 0 Å². The molecule has 1 amide bonds. The molecule has 0 spiro atoms. The Hall–Kier alpha value is -2.94. The van der Waals surface area contributed by atoms with Crippen LogP contribution in [-0.4, -0.2) is 33.5 Å². The summed E-state index contributed by atoms with van der Waals surface area (Å²) in [5.41, 5.74) is 0.576. The number of carbonyl (C=O) groups excluding carboxylic acids is 1. The molecule has 128 valence electrons. The molecule has 6 heteroatoms. The summed E-state index contributed by atoms with van der Waals surface area (Å²) in [5, 5.41) is 8.19. The van der Waals surface area contributed by atoms with Crippen LogP contribution in [0.25, 0.3) is 0 Å². The fourth-order valence-electron chi connectivity index (χ4n) is 2.92. The molecule has 0 fully saturated rings. The average molecular weight is 335 g/mol. The highest BCUT2D eigenvalue weighted by atomic mass is 16.2. The minimum absolute atomic E-state index is 0.0302. The molecule has 1 aliphatic rings. The van der Waals surface area contributed by atoms with Gasteiger partial charge in [0.1, 0.15) is 11.9 Å². The lowest BCUT2D eigenvalue weighted by atomic mass is 10.0. The van der Waals surface area contributed by atoms with Gasteiger partial charge < -0.3 is 9.88 Å². The van der Waals surface area contributed by atoms with Gasteiger partial charge in [-0.3, -0.25) is 4.79 Å². The van der Waals surface area contributed by atoms with Gasteiger partial charge in [0.2, 0.25) is 5.91 Å². The smallest absolute Gasteiger partial charge is 0.223 e. The van der Waals surface area contributed by atoms with Gasteiger partial charge in [0.25, 0.3) is 0 Å². The summed E-state index contributed by atoms with van der Waals surface area (Å²) < 4.78 is 0. The lowest BCUT2D eigenvalue weighted by Gasteiger charge is -2.27. The van der Waals surface area contributed by atoms with E-state index in [0.717, 1.165) is 11.4 Å². The third kappa shape index (κ3) is 3.94. The SMILES string of the molecule is C#CCCC1(CCC(=O)N(C)C(c2ccccc2)c2ncc[nH]2)N=N1. The minimum Gasteiger partial charge on any atom is -0.347 e. The molecule has 1 unspecified atom stereocenters. The Morgan fingerprint density at radius 2 is 2.08 bits per heavy atom. The lowest BCUT2D eigenvalue weighted by Crippen LogP contribution is -2.33. The van der Waals surface area contributed by atoms with Crippen molar-refractivity contribution < 1.29 is 4.79 Å². The Kier molecular flexibility index (Phi) is 4.94. The zero-order valence-corrected chi connectivity index (χ0v) is 14.2. The summed E-state index contributed by atoms with van der Waals surface area (Å²) in [7, 11) is 1.80. The van der Waals surface area contributed by atoms with E-state index in [1.54, 1.807) is 24.3 Å². The fraction of sp³-hybridized carbons (Fsp3) is 0.368. The van der Waals surface area contributed by atoms with Crippen LogP contribution in [0.5, 0.6) is 0 Å². The number of aromatic amines is 1. The molecule has 2 heterocycles. The minimum atomic E-state index is -0.435. The zero-order valence-electron chi connectivity index (χ0n) is 14.2. The Balaban J connectivity index is 1.69. The van der Waals surface area contributed by atoms with Crippen LogP contribution in [0.15, 0.2) is 53.0 Å². The molecule has 0 saturated carbocycles. The number of hydrogen-bond donors (Lipinski definition) is 1.